The zero-order chi connectivity index (χ0) is 10.2. The molecule has 1 unspecified atom stereocenters. The molecule has 0 bridgehead atoms. The Morgan fingerprint density at radius 1 is 1.21 bits per heavy atom. The quantitative estimate of drug-likeness (QED) is 0.656. The van der Waals surface area contributed by atoms with Gasteiger partial charge < -0.3 is 0 Å². The van der Waals surface area contributed by atoms with E-state index in [1.54, 1.807) is 0 Å². The lowest BCUT2D eigenvalue weighted by molar-refractivity contribution is 0.148. The highest BCUT2D eigenvalue weighted by molar-refractivity contribution is 5.35. The van der Waals surface area contributed by atoms with Gasteiger partial charge in [-0.2, -0.15) is 0 Å². The lowest BCUT2D eigenvalue weighted by Crippen LogP contribution is -2.41. The van der Waals surface area contributed by atoms with Gasteiger partial charge in [0.25, 0.3) is 0 Å². The van der Waals surface area contributed by atoms with Gasteiger partial charge in [-0.1, -0.05) is 24.3 Å². The maximum absolute atomic E-state index is 2.35. The first-order valence-electron chi connectivity index (χ1n) is 5.40. The van der Waals surface area contributed by atoms with E-state index in [9.17, 15) is 0 Å². The Kier molecular flexibility index (Phi) is 2.36. The van der Waals surface area contributed by atoms with Crippen molar-refractivity contribution in [3.63, 3.8) is 0 Å². The van der Waals surface area contributed by atoms with Crippen LogP contribution in [-0.4, -0.2) is 19.0 Å². The van der Waals surface area contributed by atoms with Gasteiger partial charge in [-0.05, 0) is 51.4 Å². The molecule has 0 saturated carbocycles. The molecule has 76 valence electrons. The fraction of sp³-hybridized carbons (Fsp3) is 0.538. The Bertz CT molecular complexity index is 330. The topological polar surface area (TPSA) is 3.24 Å². The molecular formula is C13H19N. The van der Waals surface area contributed by atoms with Gasteiger partial charge in [0.05, 0.1) is 0 Å². The van der Waals surface area contributed by atoms with Crippen LogP contribution in [0.25, 0.3) is 0 Å². The second-order valence-electron chi connectivity index (χ2n) is 4.68. The summed E-state index contributed by atoms with van der Waals surface area (Å²) in [6.45, 7) is 2.35. The molecule has 1 aromatic rings. The monoisotopic (exact) mass is 189 g/mol. The summed E-state index contributed by atoms with van der Waals surface area (Å²) in [6, 6.07) is 8.87. The summed E-state index contributed by atoms with van der Waals surface area (Å²) >= 11 is 0. The van der Waals surface area contributed by atoms with Gasteiger partial charge in [-0.15, -0.1) is 0 Å². The average molecular weight is 189 g/mol. The Labute approximate surface area is 86.7 Å². The minimum atomic E-state index is 0.245. The van der Waals surface area contributed by atoms with Crippen LogP contribution in [0.2, 0.25) is 0 Å². The molecule has 0 aromatic heterocycles. The molecule has 0 aliphatic heterocycles. The molecule has 1 atom stereocenters. The van der Waals surface area contributed by atoms with E-state index in [2.05, 4.69) is 50.2 Å². The first-order chi connectivity index (χ1) is 6.64. The molecule has 0 spiro atoms. The third kappa shape index (κ3) is 1.36. The predicted octanol–water partition coefficient (Wildman–Crippen LogP) is 2.80. The highest BCUT2D eigenvalue weighted by atomic mass is 15.1. The molecule has 14 heavy (non-hydrogen) atoms. The molecule has 1 aromatic carbocycles. The molecule has 0 N–H and O–H groups in total. The third-order valence-corrected chi connectivity index (χ3v) is 3.69. The molecule has 1 aliphatic carbocycles. The van der Waals surface area contributed by atoms with Crippen LogP contribution in [0.1, 0.15) is 30.9 Å². The van der Waals surface area contributed by atoms with Crippen LogP contribution in [0.4, 0.5) is 0 Å². The Morgan fingerprint density at radius 3 is 2.64 bits per heavy atom. The number of aryl methyl sites for hydroxylation is 1. The van der Waals surface area contributed by atoms with E-state index in [0.717, 1.165) is 0 Å². The average Bonchev–Trinajstić information content (AvgIpc) is 2.18. The lowest BCUT2D eigenvalue weighted by Gasteiger charge is -2.41. The maximum Gasteiger partial charge on any atom is 0.0429 e. The third-order valence-electron chi connectivity index (χ3n) is 3.69. The van der Waals surface area contributed by atoms with Crippen molar-refractivity contribution in [2.45, 2.75) is 31.7 Å². The normalized spacial score (nSPS) is 26.3. The van der Waals surface area contributed by atoms with Gasteiger partial charge in [-0.3, -0.25) is 4.90 Å². The van der Waals surface area contributed by atoms with E-state index in [-0.39, 0.29) is 5.54 Å². The summed E-state index contributed by atoms with van der Waals surface area (Å²) in [7, 11) is 4.37. The van der Waals surface area contributed by atoms with E-state index in [1.165, 1.54) is 30.4 Å². The first-order valence-corrected chi connectivity index (χ1v) is 5.40. The lowest BCUT2D eigenvalue weighted by atomic mass is 9.77. The van der Waals surface area contributed by atoms with Crippen molar-refractivity contribution in [2.24, 2.45) is 0 Å². The Morgan fingerprint density at radius 2 is 1.93 bits per heavy atom. The Hall–Kier alpha value is -0.820. The summed E-state index contributed by atoms with van der Waals surface area (Å²) in [5.41, 5.74) is 3.31. The van der Waals surface area contributed by atoms with Crippen LogP contribution in [0.3, 0.4) is 0 Å². The van der Waals surface area contributed by atoms with Crippen molar-refractivity contribution in [2.75, 3.05) is 14.1 Å². The van der Waals surface area contributed by atoms with E-state index in [0.29, 0.717) is 0 Å². The molecule has 1 nitrogen and oxygen atoms in total. The van der Waals surface area contributed by atoms with Gasteiger partial charge in [0.2, 0.25) is 0 Å². The van der Waals surface area contributed by atoms with Crippen LogP contribution >= 0.6 is 0 Å². The fourth-order valence-corrected chi connectivity index (χ4v) is 2.49. The number of benzene rings is 1. The van der Waals surface area contributed by atoms with Crippen LogP contribution in [0.5, 0.6) is 0 Å². The molecule has 2 rings (SSSR count). The standard InChI is InChI=1S/C13H19N/c1-13(14(2)3)10-6-8-11-7-4-5-9-12(11)13/h4-5,7,9H,6,8,10H2,1-3H3. The summed E-state index contributed by atoms with van der Waals surface area (Å²) in [6.07, 6.45) is 3.84. The first kappa shape index (κ1) is 9.72. The highest BCUT2D eigenvalue weighted by Gasteiger charge is 2.33. The van der Waals surface area contributed by atoms with Gasteiger partial charge >= 0.3 is 0 Å². The predicted molar refractivity (Wildman–Crippen MR) is 60.4 cm³/mol. The minimum absolute atomic E-state index is 0.245. The zero-order valence-corrected chi connectivity index (χ0v) is 9.38. The molecule has 1 aliphatic rings. The summed E-state index contributed by atoms with van der Waals surface area (Å²) in [4.78, 5) is 2.35. The largest absolute Gasteiger partial charge is 0.300 e. The van der Waals surface area contributed by atoms with Crippen molar-refractivity contribution in [1.29, 1.82) is 0 Å². The van der Waals surface area contributed by atoms with E-state index >= 15 is 0 Å². The zero-order valence-electron chi connectivity index (χ0n) is 9.38. The van der Waals surface area contributed by atoms with Gasteiger partial charge in [0.15, 0.2) is 0 Å². The minimum Gasteiger partial charge on any atom is -0.300 e. The molecule has 0 radical (unpaired) electrons. The summed E-state index contributed by atoms with van der Waals surface area (Å²) < 4.78 is 0. The van der Waals surface area contributed by atoms with E-state index in [4.69, 9.17) is 0 Å². The molecule has 1 heteroatoms. The van der Waals surface area contributed by atoms with Crippen LogP contribution in [0, 0.1) is 0 Å². The van der Waals surface area contributed by atoms with Gasteiger partial charge in [-0.25, -0.2) is 0 Å². The molecule has 0 fully saturated rings. The van der Waals surface area contributed by atoms with Crippen molar-refractivity contribution >= 4 is 0 Å². The van der Waals surface area contributed by atoms with Crippen molar-refractivity contribution in [3.05, 3.63) is 35.4 Å². The van der Waals surface area contributed by atoms with Gasteiger partial charge in [0.1, 0.15) is 0 Å². The molecular weight excluding hydrogens is 170 g/mol. The van der Waals surface area contributed by atoms with Crippen LogP contribution < -0.4 is 0 Å². The Balaban J connectivity index is 2.50. The second kappa shape index (κ2) is 3.39. The molecule has 0 amide bonds. The number of hydrogen-bond donors (Lipinski definition) is 0. The van der Waals surface area contributed by atoms with Crippen molar-refractivity contribution in [1.82, 2.24) is 4.90 Å². The second-order valence-corrected chi connectivity index (χ2v) is 4.68. The number of fused-ring (bicyclic) bond motifs is 1. The fourth-order valence-electron chi connectivity index (χ4n) is 2.49. The summed E-state index contributed by atoms with van der Waals surface area (Å²) in [5, 5.41) is 0. The summed E-state index contributed by atoms with van der Waals surface area (Å²) in [5.74, 6) is 0. The SMILES string of the molecule is CN(C)C1(C)CCCc2ccccc21. The van der Waals surface area contributed by atoms with Crippen LogP contribution in [0.15, 0.2) is 24.3 Å². The maximum atomic E-state index is 2.35. The highest BCUT2D eigenvalue weighted by Crippen LogP contribution is 2.38. The van der Waals surface area contributed by atoms with Crippen LogP contribution in [-0.2, 0) is 12.0 Å². The number of hydrogen-bond acceptors (Lipinski definition) is 1. The molecule has 0 saturated heterocycles. The number of rotatable bonds is 1. The smallest absolute Gasteiger partial charge is 0.0429 e. The number of nitrogens with zero attached hydrogens (tertiary/aromatic N) is 1. The van der Waals surface area contributed by atoms with Crippen molar-refractivity contribution < 1.29 is 0 Å². The van der Waals surface area contributed by atoms with Gasteiger partial charge in [0, 0.05) is 5.54 Å². The molecule has 0 heterocycles. The van der Waals surface area contributed by atoms with E-state index in [1.807, 2.05) is 0 Å². The van der Waals surface area contributed by atoms with E-state index < -0.39 is 0 Å². The van der Waals surface area contributed by atoms with Crippen molar-refractivity contribution in [3.8, 4) is 0 Å².